The number of benzene rings is 1. The maximum absolute atomic E-state index is 15.0. The van der Waals surface area contributed by atoms with Gasteiger partial charge >= 0.3 is 6.09 Å². The minimum atomic E-state index is -0.572. The Labute approximate surface area is 218 Å². The van der Waals surface area contributed by atoms with Crippen molar-refractivity contribution in [3.8, 4) is 16.9 Å². The van der Waals surface area contributed by atoms with Crippen molar-refractivity contribution in [2.24, 2.45) is 0 Å². The van der Waals surface area contributed by atoms with Crippen LogP contribution in [0.5, 0.6) is 0 Å². The molecule has 1 fully saturated rings. The lowest BCUT2D eigenvalue weighted by Gasteiger charge is -2.41. The number of aromatic nitrogens is 5. The summed E-state index contributed by atoms with van der Waals surface area (Å²) in [6, 6.07) is 8.16. The van der Waals surface area contributed by atoms with E-state index in [4.69, 9.17) is 16.3 Å². The van der Waals surface area contributed by atoms with E-state index in [1.807, 2.05) is 27.7 Å². The molecular weight excluding hydrogens is 497 g/mol. The van der Waals surface area contributed by atoms with Crippen molar-refractivity contribution in [2.75, 3.05) is 24.5 Å². The maximum Gasteiger partial charge on any atom is 0.410 e. The molecule has 1 amide bonds. The number of hydrogen-bond donors (Lipinski definition) is 0. The molecule has 11 heteroatoms. The number of anilines is 1. The molecule has 1 saturated heterocycles. The Kier molecular flexibility index (Phi) is 6.45. The van der Waals surface area contributed by atoms with Gasteiger partial charge in [-0.25, -0.2) is 19.2 Å². The highest BCUT2D eigenvalue weighted by atomic mass is 35.5. The quantitative estimate of drug-likeness (QED) is 0.368. The van der Waals surface area contributed by atoms with Crippen molar-refractivity contribution in [1.82, 2.24) is 29.6 Å². The van der Waals surface area contributed by atoms with Gasteiger partial charge in [-0.2, -0.15) is 5.10 Å². The summed E-state index contributed by atoms with van der Waals surface area (Å²) in [5.74, 6) is 0.734. The van der Waals surface area contributed by atoms with Crippen LogP contribution < -0.4 is 4.90 Å². The normalized spacial score (nSPS) is 16.3. The Morgan fingerprint density at radius 2 is 1.95 bits per heavy atom. The monoisotopic (exact) mass is 523 g/mol. The molecule has 5 rings (SSSR count). The Hall–Kier alpha value is -3.79. The first kappa shape index (κ1) is 24.9. The Balaban J connectivity index is 1.61. The van der Waals surface area contributed by atoms with Crippen molar-refractivity contribution in [3.63, 3.8) is 0 Å². The van der Waals surface area contributed by atoms with Crippen molar-refractivity contribution >= 4 is 34.5 Å². The van der Waals surface area contributed by atoms with Crippen molar-refractivity contribution in [3.05, 3.63) is 59.9 Å². The third kappa shape index (κ3) is 4.93. The van der Waals surface area contributed by atoms with Gasteiger partial charge in [-0.3, -0.25) is 4.57 Å². The van der Waals surface area contributed by atoms with Crippen LogP contribution in [0.1, 0.15) is 27.7 Å². The average molecular weight is 524 g/mol. The van der Waals surface area contributed by atoms with Gasteiger partial charge in [-0.1, -0.05) is 29.8 Å². The largest absolute Gasteiger partial charge is 0.444 e. The fourth-order valence-corrected chi connectivity index (χ4v) is 4.68. The number of hydrogen-bond acceptors (Lipinski definition) is 7. The summed E-state index contributed by atoms with van der Waals surface area (Å²) < 4.78 is 22.3. The molecule has 1 unspecified atom stereocenters. The molecule has 1 aliphatic rings. The van der Waals surface area contributed by atoms with Crippen molar-refractivity contribution < 1.29 is 13.9 Å². The fraction of sp³-hybridized carbons (Fsp3) is 0.346. The summed E-state index contributed by atoms with van der Waals surface area (Å²) in [6.07, 6.45) is 4.36. The van der Waals surface area contributed by atoms with E-state index in [0.29, 0.717) is 58.5 Å². The van der Waals surface area contributed by atoms with Crippen molar-refractivity contribution in [2.45, 2.75) is 39.3 Å². The van der Waals surface area contributed by atoms with Crippen LogP contribution in [0.4, 0.5) is 15.0 Å². The highest BCUT2D eigenvalue weighted by Gasteiger charge is 2.32. The number of rotatable bonds is 3. The van der Waals surface area contributed by atoms with E-state index >= 15 is 4.39 Å². The Morgan fingerprint density at radius 1 is 1.16 bits per heavy atom. The minimum Gasteiger partial charge on any atom is -0.444 e. The fourth-order valence-electron chi connectivity index (χ4n) is 4.54. The standard InChI is InChI=1S/C26H27ClFN7O2/c1-16-13-33(25(36)37-26(2,3)4)9-10-34(16)23-22-19(18-7-5-6-8-20(18)28)14-35(24(22)30-15-29-23)21-11-17(27)12-31-32-21/h5-8,11-12,14-16H,9-10,13H2,1-4H3. The number of halogens is 2. The summed E-state index contributed by atoms with van der Waals surface area (Å²) >= 11 is 6.19. The minimum absolute atomic E-state index is 0.0813. The van der Waals surface area contributed by atoms with Gasteiger partial charge in [0.25, 0.3) is 0 Å². The van der Waals surface area contributed by atoms with E-state index in [2.05, 4.69) is 25.1 Å². The van der Waals surface area contributed by atoms with Gasteiger partial charge < -0.3 is 14.5 Å². The molecule has 0 aliphatic carbocycles. The number of piperazine rings is 1. The van der Waals surface area contributed by atoms with Crippen LogP contribution in [0.2, 0.25) is 5.02 Å². The van der Waals surface area contributed by atoms with Crippen LogP contribution in [-0.4, -0.2) is 67.0 Å². The second-order valence-corrected chi connectivity index (χ2v) is 10.4. The lowest BCUT2D eigenvalue weighted by Crippen LogP contribution is -2.54. The molecule has 1 atom stereocenters. The van der Waals surface area contributed by atoms with E-state index in [-0.39, 0.29) is 18.0 Å². The number of ether oxygens (including phenoxy) is 1. The molecule has 0 bridgehead atoms. The molecule has 0 saturated carbocycles. The van der Waals surface area contributed by atoms with Gasteiger partial charge in [-0.05, 0) is 33.8 Å². The number of nitrogens with zero attached hydrogens (tertiary/aromatic N) is 7. The Bertz CT molecular complexity index is 1470. The first-order valence-electron chi connectivity index (χ1n) is 12.0. The second-order valence-electron chi connectivity index (χ2n) is 9.99. The van der Waals surface area contributed by atoms with Crippen LogP contribution in [0.25, 0.3) is 28.0 Å². The summed E-state index contributed by atoms with van der Waals surface area (Å²) in [5, 5.41) is 9.26. The first-order chi connectivity index (χ1) is 17.6. The highest BCUT2D eigenvalue weighted by molar-refractivity contribution is 6.30. The summed E-state index contributed by atoms with van der Waals surface area (Å²) in [5.41, 5.74) is 1.00. The first-order valence-corrected chi connectivity index (χ1v) is 12.3. The summed E-state index contributed by atoms with van der Waals surface area (Å²) in [4.78, 5) is 25.7. The zero-order valence-electron chi connectivity index (χ0n) is 21.0. The second kappa shape index (κ2) is 9.59. The zero-order valence-corrected chi connectivity index (χ0v) is 21.8. The number of carbonyl (C=O) groups is 1. The van der Waals surface area contributed by atoms with Crippen LogP contribution >= 0.6 is 11.6 Å². The maximum atomic E-state index is 15.0. The van der Waals surface area contributed by atoms with Gasteiger partial charge in [0.2, 0.25) is 0 Å². The van der Waals surface area contributed by atoms with Crippen LogP contribution in [0.3, 0.4) is 0 Å². The zero-order chi connectivity index (χ0) is 26.3. The lowest BCUT2D eigenvalue weighted by molar-refractivity contribution is 0.0218. The molecule has 1 aromatic carbocycles. The van der Waals surface area contributed by atoms with E-state index < -0.39 is 5.60 Å². The summed E-state index contributed by atoms with van der Waals surface area (Å²) in [6.45, 7) is 9.00. The van der Waals surface area contributed by atoms with Gasteiger partial charge in [0.05, 0.1) is 16.6 Å². The van der Waals surface area contributed by atoms with Gasteiger partial charge in [0, 0.05) is 49.1 Å². The molecule has 1 aliphatic heterocycles. The smallest absolute Gasteiger partial charge is 0.410 e. The molecular formula is C26H27ClFN7O2. The topological polar surface area (TPSA) is 89.3 Å². The van der Waals surface area contributed by atoms with Crippen LogP contribution in [0, 0.1) is 5.82 Å². The molecule has 4 heterocycles. The third-order valence-corrected chi connectivity index (χ3v) is 6.34. The SMILES string of the molecule is CC1CN(C(=O)OC(C)(C)C)CCN1c1ncnc2c1c(-c1ccccc1F)cn2-c1cc(Cl)cnn1. The molecule has 0 radical (unpaired) electrons. The molecule has 9 nitrogen and oxygen atoms in total. The molecule has 37 heavy (non-hydrogen) atoms. The third-order valence-electron chi connectivity index (χ3n) is 6.13. The average Bonchev–Trinajstić information content (AvgIpc) is 3.23. The number of amides is 1. The molecule has 192 valence electrons. The van der Waals surface area contributed by atoms with Gasteiger partial charge in [0.1, 0.15) is 23.6 Å². The van der Waals surface area contributed by atoms with Crippen molar-refractivity contribution in [1.29, 1.82) is 0 Å². The Morgan fingerprint density at radius 3 is 2.65 bits per heavy atom. The molecule has 4 aromatic rings. The molecule has 3 aromatic heterocycles. The predicted octanol–water partition coefficient (Wildman–Crippen LogP) is 5.12. The number of fused-ring (bicyclic) bond motifs is 1. The molecule has 0 spiro atoms. The lowest BCUT2D eigenvalue weighted by atomic mass is 10.0. The number of carbonyl (C=O) groups excluding carboxylic acids is 1. The summed E-state index contributed by atoms with van der Waals surface area (Å²) in [7, 11) is 0. The van der Waals surface area contributed by atoms with E-state index in [1.54, 1.807) is 39.9 Å². The van der Waals surface area contributed by atoms with Crippen LogP contribution in [-0.2, 0) is 4.74 Å². The highest BCUT2D eigenvalue weighted by Crippen LogP contribution is 2.38. The predicted molar refractivity (Wildman–Crippen MR) is 139 cm³/mol. The van der Waals surface area contributed by atoms with Crippen LogP contribution in [0.15, 0.2) is 49.1 Å². The van der Waals surface area contributed by atoms with E-state index in [9.17, 15) is 4.79 Å². The van der Waals surface area contributed by atoms with E-state index in [0.717, 1.165) is 0 Å². The van der Waals surface area contributed by atoms with Gasteiger partial charge in [-0.15, -0.1) is 5.10 Å². The van der Waals surface area contributed by atoms with Gasteiger partial charge in [0.15, 0.2) is 11.5 Å². The van der Waals surface area contributed by atoms with E-state index in [1.165, 1.54) is 18.6 Å². The molecule has 0 N–H and O–H groups in total.